The lowest BCUT2D eigenvalue weighted by molar-refractivity contribution is -0.140. The fraction of sp³-hybridized carbons (Fsp3) is 0.769. The van der Waals surface area contributed by atoms with Gasteiger partial charge in [-0.25, -0.2) is 4.79 Å². The Morgan fingerprint density at radius 3 is 2.21 bits per heavy atom. The second-order valence-corrected chi connectivity index (χ2v) is 6.05. The number of hydrogen-bond donors (Lipinski definition) is 1. The van der Waals surface area contributed by atoms with Crippen molar-refractivity contribution >= 4 is 16.1 Å². The van der Waals surface area contributed by atoms with E-state index in [0.29, 0.717) is 6.42 Å². The first-order chi connectivity index (χ1) is 8.91. The van der Waals surface area contributed by atoms with E-state index >= 15 is 0 Å². The summed E-state index contributed by atoms with van der Waals surface area (Å²) in [4.78, 5) is 11.0. The van der Waals surface area contributed by atoms with Crippen molar-refractivity contribution in [3.63, 3.8) is 0 Å². The lowest BCUT2D eigenvalue weighted by Gasteiger charge is -2.13. The van der Waals surface area contributed by atoms with Crippen LogP contribution >= 0.6 is 0 Å². The Morgan fingerprint density at radius 2 is 1.74 bits per heavy atom. The summed E-state index contributed by atoms with van der Waals surface area (Å²) in [5, 5.41) is 0. The molecule has 6 heteroatoms. The Balaban J connectivity index is 3.95. The molecule has 0 aromatic rings. The standard InChI is InChI=1S/C13H24O5S/c1-3-5-6-7-8-9-10-11-13(19(15,16)17)18-12(14)4-2/h4,13H,2-3,5-11H2,1H3,(H,15,16,17). The maximum Gasteiger partial charge on any atom is 0.331 e. The van der Waals surface area contributed by atoms with Gasteiger partial charge in [0.1, 0.15) is 0 Å². The number of carbonyl (C=O) groups is 1. The lowest BCUT2D eigenvalue weighted by Crippen LogP contribution is -2.26. The Labute approximate surface area is 115 Å². The first kappa shape index (κ1) is 18.1. The van der Waals surface area contributed by atoms with Crippen molar-refractivity contribution in [3.05, 3.63) is 12.7 Å². The van der Waals surface area contributed by atoms with Gasteiger partial charge in [-0.05, 0) is 6.42 Å². The van der Waals surface area contributed by atoms with Crippen LogP contribution in [-0.4, -0.2) is 24.4 Å². The number of ether oxygens (including phenoxy) is 1. The van der Waals surface area contributed by atoms with Gasteiger partial charge >= 0.3 is 16.1 Å². The third-order valence-corrected chi connectivity index (χ3v) is 3.79. The molecule has 0 fully saturated rings. The van der Waals surface area contributed by atoms with E-state index in [1.165, 1.54) is 19.3 Å². The number of carbonyl (C=O) groups excluding carboxylic acids is 1. The first-order valence-corrected chi connectivity index (χ1v) is 8.21. The van der Waals surface area contributed by atoms with Gasteiger partial charge in [0.2, 0.25) is 5.44 Å². The van der Waals surface area contributed by atoms with Crippen molar-refractivity contribution in [2.45, 2.75) is 63.7 Å². The summed E-state index contributed by atoms with van der Waals surface area (Å²) < 4.78 is 35.6. The highest BCUT2D eigenvalue weighted by Crippen LogP contribution is 2.14. The molecule has 0 aliphatic rings. The highest BCUT2D eigenvalue weighted by atomic mass is 32.2. The monoisotopic (exact) mass is 292 g/mol. The summed E-state index contributed by atoms with van der Waals surface area (Å²) in [5.41, 5.74) is -1.48. The van der Waals surface area contributed by atoms with E-state index in [9.17, 15) is 13.2 Å². The normalized spacial score (nSPS) is 12.9. The highest BCUT2D eigenvalue weighted by Gasteiger charge is 2.25. The van der Waals surface area contributed by atoms with Crippen LogP contribution < -0.4 is 0 Å². The summed E-state index contributed by atoms with van der Waals surface area (Å²) in [7, 11) is -4.36. The largest absolute Gasteiger partial charge is 0.440 e. The summed E-state index contributed by atoms with van der Waals surface area (Å²) in [6.07, 6.45) is 8.18. The van der Waals surface area contributed by atoms with E-state index in [-0.39, 0.29) is 6.42 Å². The minimum Gasteiger partial charge on any atom is -0.440 e. The second-order valence-electron chi connectivity index (χ2n) is 4.50. The first-order valence-electron chi connectivity index (χ1n) is 6.71. The van der Waals surface area contributed by atoms with Crippen molar-refractivity contribution in [1.29, 1.82) is 0 Å². The molecule has 0 aromatic carbocycles. The summed E-state index contributed by atoms with van der Waals surface area (Å²) in [6, 6.07) is 0. The lowest BCUT2D eigenvalue weighted by atomic mass is 10.1. The molecule has 1 atom stereocenters. The third kappa shape index (κ3) is 9.67. The molecular weight excluding hydrogens is 268 g/mol. The zero-order valence-corrected chi connectivity index (χ0v) is 12.3. The fourth-order valence-electron chi connectivity index (χ4n) is 1.71. The van der Waals surface area contributed by atoms with Crippen molar-refractivity contribution in [3.8, 4) is 0 Å². The molecule has 112 valence electrons. The molecule has 0 aromatic heterocycles. The molecule has 1 unspecified atom stereocenters. The van der Waals surface area contributed by atoms with Crippen molar-refractivity contribution in [2.24, 2.45) is 0 Å². The van der Waals surface area contributed by atoms with Crippen LogP contribution in [0.25, 0.3) is 0 Å². The summed E-state index contributed by atoms with van der Waals surface area (Å²) >= 11 is 0. The van der Waals surface area contributed by atoms with Gasteiger partial charge < -0.3 is 4.74 Å². The zero-order valence-electron chi connectivity index (χ0n) is 11.5. The van der Waals surface area contributed by atoms with Crippen LogP contribution in [0.4, 0.5) is 0 Å². The van der Waals surface area contributed by atoms with E-state index in [0.717, 1.165) is 25.3 Å². The molecule has 0 bridgehead atoms. The van der Waals surface area contributed by atoms with Crippen LogP contribution in [-0.2, 0) is 19.6 Å². The molecule has 0 aliphatic carbocycles. The van der Waals surface area contributed by atoms with Gasteiger partial charge in [0.25, 0.3) is 0 Å². The summed E-state index contributed by atoms with van der Waals surface area (Å²) in [6.45, 7) is 5.33. The van der Waals surface area contributed by atoms with Crippen LogP contribution in [0.2, 0.25) is 0 Å². The van der Waals surface area contributed by atoms with E-state index in [1.54, 1.807) is 0 Å². The van der Waals surface area contributed by atoms with E-state index < -0.39 is 21.5 Å². The van der Waals surface area contributed by atoms with E-state index in [4.69, 9.17) is 4.55 Å². The maximum absolute atomic E-state index is 11.0. The van der Waals surface area contributed by atoms with Crippen molar-refractivity contribution in [2.75, 3.05) is 0 Å². The molecular formula is C13H24O5S. The second kappa shape index (κ2) is 9.97. The Morgan fingerprint density at radius 1 is 1.21 bits per heavy atom. The minimum absolute atomic E-state index is 0.117. The van der Waals surface area contributed by atoms with Gasteiger partial charge in [-0.1, -0.05) is 52.0 Å². The smallest absolute Gasteiger partial charge is 0.331 e. The molecule has 0 heterocycles. The molecule has 19 heavy (non-hydrogen) atoms. The summed E-state index contributed by atoms with van der Waals surface area (Å²) in [5.74, 6) is -0.842. The zero-order chi connectivity index (χ0) is 14.7. The number of hydrogen-bond acceptors (Lipinski definition) is 4. The van der Waals surface area contributed by atoms with Gasteiger partial charge in [0.15, 0.2) is 0 Å². The number of rotatable bonds is 11. The van der Waals surface area contributed by atoms with Gasteiger partial charge in [0.05, 0.1) is 0 Å². The third-order valence-electron chi connectivity index (χ3n) is 2.79. The van der Waals surface area contributed by atoms with Crippen LogP contribution in [0.3, 0.4) is 0 Å². The van der Waals surface area contributed by atoms with Crippen molar-refractivity contribution in [1.82, 2.24) is 0 Å². The quantitative estimate of drug-likeness (QED) is 0.274. The van der Waals surface area contributed by atoms with Crippen LogP contribution in [0, 0.1) is 0 Å². The van der Waals surface area contributed by atoms with E-state index in [1.807, 2.05) is 0 Å². The Hall–Kier alpha value is -0.880. The number of esters is 1. The van der Waals surface area contributed by atoms with Gasteiger partial charge in [-0.15, -0.1) is 0 Å². The molecule has 0 aliphatic heterocycles. The van der Waals surface area contributed by atoms with Crippen LogP contribution in [0.15, 0.2) is 12.7 Å². The molecule has 1 N–H and O–H groups in total. The average Bonchev–Trinajstić information content (AvgIpc) is 2.34. The van der Waals surface area contributed by atoms with Gasteiger partial charge in [-0.3, -0.25) is 4.55 Å². The molecule has 0 saturated heterocycles. The highest BCUT2D eigenvalue weighted by molar-refractivity contribution is 7.86. The molecule has 0 radical (unpaired) electrons. The molecule has 0 rings (SSSR count). The van der Waals surface area contributed by atoms with Gasteiger partial charge in [0, 0.05) is 12.5 Å². The van der Waals surface area contributed by atoms with Crippen molar-refractivity contribution < 1.29 is 22.5 Å². The fourth-order valence-corrected chi connectivity index (χ4v) is 2.40. The Kier molecular flexibility index (Phi) is 9.51. The van der Waals surface area contributed by atoms with Crippen LogP contribution in [0.1, 0.15) is 58.3 Å². The molecule has 0 spiro atoms. The van der Waals surface area contributed by atoms with Crippen LogP contribution in [0.5, 0.6) is 0 Å². The maximum atomic E-state index is 11.0. The molecule has 5 nitrogen and oxygen atoms in total. The average molecular weight is 292 g/mol. The Bertz CT molecular complexity index is 361. The predicted octanol–water partition coefficient (Wildman–Crippen LogP) is 3.07. The van der Waals surface area contributed by atoms with Gasteiger partial charge in [-0.2, -0.15) is 8.42 Å². The SMILES string of the molecule is C=CC(=O)OC(CCCCCCCCC)S(=O)(=O)O. The van der Waals surface area contributed by atoms with E-state index in [2.05, 4.69) is 18.2 Å². The minimum atomic E-state index is -4.36. The molecule has 0 amide bonds. The molecule has 0 saturated carbocycles. The topological polar surface area (TPSA) is 80.7 Å². The number of unbranched alkanes of at least 4 members (excludes halogenated alkanes) is 6. The predicted molar refractivity (Wildman–Crippen MR) is 74.2 cm³/mol.